The van der Waals surface area contributed by atoms with Crippen LogP contribution in [0.1, 0.15) is 19.3 Å². The number of nitrogens with one attached hydrogen (secondary N) is 1. The fourth-order valence-corrected chi connectivity index (χ4v) is 4.86. The number of hydrogen-bond acceptors (Lipinski definition) is 2. The molecule has 2 unspecified atom stereocenters. The topological polar surface area (TPSA) is 38.0 Å². The minimum absolute atomic E-state index is 0.494. The highest BCUT2D eigenvalue weighted by Gasteiger charge is 2.26. The molecule has 5 heteroatoms. The molecule has 2 atom stereocenters. The quantitative estimate of drug-likeness (QED) is 0.746. The van der Waals surface area contributed by atoms with Crippen molar-refractivity contribution in [2.45, 2.75) is 25.3 Å². The van der Waals surface area contributed by atoms with Crippen molar-refractivity contribution >= 4 is 53.5 Å². The summed E-state index contributed by atoms with van der Waals surface area (Å²) in [4.78, 5) is 0. The molecule has 0 heterocycles. The summed E-state index contributed by atoms with van der Waals surface area (Å²) in [7, 11) is 0. The van der Waals surface area contributed by atoms with Crippen LogP contribution in [0.15, 0.2) is 25.6 Å². The van der Waals surface area contributed by atoms with E-state index in [1.807, 2.05) is 0 Å². The first kappa shape index (κ1) is 13.8. The Kier molecular flexibility index (Phi) is 4.92. The number of anilines is 1. The van der Waals surface area contributed by atoms with Gasteiger partial charge in [-0.3, -0.25) is 0 Å². The highest BCUT2D eigenvalue weighted by molar-refractivity contribution is 9.11. The van der Waals surface area contributed by atoms with Gasteiger partial charge < -0.3 is 11.1 Å². The van der Waals surface area contributed by atoms with Crippen molar-refractivity contribution in [3.8, 4) is 0 Å². The van der Waals surface area contributed by atoms with Crippen LogP contribution in [0.25, 0.3) is 0 Å². The third-order valence-corrected chi connectivity index (χ3v) is 5.01. The van der Waals surface area contributed by atoms with Crippen LogP contribution < -0.4 is 11.1 Å². The van der Waals surface area contributed by atoms with Crippen molar-refractivity contribution in [3.63, 3.8) is 0 Å². The fraction of sp³-hybridized carbons (Fsp3) is 0.500. The van der Waals surface area contributed by atoms with E-state index in [-0.39, 0.29) is 0 Å². The Hall–Kier alpha value is 0.420. The summed E-state index contributed by atoms with van der Waals surface area (Å²) in [5.41, 5.74) is 6.93. The molecule has 1 saturated carbocycles. The Morgan fingerprint density at radius 2 is 1.82 bits per heavy atom. The summed E-state index contributed by atoms with van der Waals surface area (Å²) in [6.07, 6.45) is 3.71. The van der Waals surface area contributed by atoms with Gasteiger partial charge in [0.2, 0.25) is 0 Å². The fourth-order valence-electron chi connectivity index (χ4n) is 2.37. The maximum atomic E-state index is 5.81. The second-order valence-electron chi connectivity index (χ2n) is 4.42. The zero-order chi connectivity index (χ0) is 12.4. The van der Waals surface area contributed by atoms with Crippen molar-refractivity contribution in [2.24, 2.45) is 11.7 Å². The molecule has 0 amide bonds. The van der Waals surface area contributed by atoms with Gasteiger partial charge in [0.1, 0.15) is 0 Å². The molecule has 0 aliphatic heterocycles. The lowest BCUT2D eigenvalue weighted by molar-refractivity contribution is 0.516. The Balaban J connectivity index is 2.18. The first-order valence-corrected chi connectivity index (χ1v) is 8.11. The number of nitrogens with two attached hydrogens (primary N) is 1. The molecule has 1 aliphatic rings. The minimum Gasteiger partial charge on any atom is -0.380 e. The molecular formula is C12H15Br3N2. The average molecular weight is 427 g/mol. The van der Waals surface area contributed by atoms with Crippen LogP contribution in [0.4, 0.5) is 5.69 Å². The van der Waals surface area contributed by atoms with Crippen LogP contribution >= 0.6 is 47.8 Å². The van der Waals surface area contributed by atoms with Gasteiger partial charge in [0.05, 0.1) is 5.69 Å². The van der Waals surface area contributed by atoms with E-state index in [9.17, 15) is 0 Å². The molecule has 1 aliphatic carbocycles. The lowest BCUT2D eigenvalue weighted by Gasteiger charge is -2.22. The Labute approximate surface area is 127 Å². The second kappa shape index (κ2) is 6.04. The summed E-state index contributed by atoms with van der Waals surface area (Å²) in [5.74, 6) is 0.595. The van der Waals surface area contributed by atoms with Gasteiger partial charge in [-0.25, -0.2) is 0 Å². The van der Waals surface area contributed by atoms with Crippen LogP contribution in [-0.4, -0.2) is 12.6 Å². The van der Waals surface area contributed by atoms with Gasteiger partial charge >= 0.3 is 0 Å². The van der Waals surface area contributed by atoms with Gasteiger partial charge in [0, 0.05) is 19.5 Å². The number of rotatable bonds is 3. The molecule has 3 N–H and O–H groups in total. The van der Waals surface area contributed by atoms with Gasteiger partial charge in [-0.15, -0.1) is 0 Å². The highest BCUT2D eigenvalue weighted by atomic mass is 79.9. The SMILES string of the molecule is NCC1CCCC1Nc1c(Br)cc(Br)cc1Br. The summed E-state index contributed by atoms with van der Waals surface area (Å²) in [6, 6.07) is 4.60. The zero-order valence-corrected chi connectivity index (χ0v) is 14.1. The molecule has 2 rings (SSSR count). The summed E-state index contributed by atoms with van der Waals surface area (Å²) < 4.78 is 3.20. The molecule has 1 fully saturated rings. The van der Waals surface area contributed by atoms with Gasteiger partial charge in [-0.1, -0.05) is 22.4 Å². The number of hydrogen-bond donors (Lipinski definition) is 2. The van der Waals surface area contributed by atoms with Crippen LogP contribution in [0.3, 0.4) is 0 Å². The molecule has 0 bridgehead atoms. The largest absolute Gasteiger partial charge is 0.380 e. The summed E-state index contributed by atoms with van der Waals surface area (Å²) >= 11 is 10.7. The summed E-state index contributed by atoms with van der Waals surface area (Å²) in [6.45, 7) is 0.767. The van der Waals surface area contributed by atoms with Crippen LogP contribution in [0, 0.1) is 5.92 Å². The van der Waals surface area contributed by atoms with Gasteiger partial charge in [0.15, 0.2) is 0 Å². The molecule has 0 saturated heterocycles. The van der Waals surface area contributed by atoms with Crippen LogP contribution in [0.2, 0.25) is 0 Å². The molecule has 1 aromatic carbocycles. The van der Waals surface area contributed by atoms with Crippen molar-refractivity contribution in [1.82, 2.24) is 0 Å². The first-order chi connectivity index (χ1) is 8.11. The van der Waals surface area contributed by atoms with Crippen molar-refractivity contribution in [3.05, 3.63) is 25.6 Å². The maximum absolute atomic E-state index is 5.81. The van der Waals surface area contributed by atoms with Crippen molar-refractivity contribution in [2.75, 3.05) is 11.9 Å². The van der Waals surface area contributed by atoms with Crippen molar-refractivity contribution in [1.29, 1.82) is 0 Å². The predicted molar refractivity (Wildman–Crippen MR) is 83.3 cm³/mol. The molecule has 2 nitrogen and oxygen atoms in total. The van der Waals surface area contributed by atoms with Crippen LogP contribution in [0.5, 0.6) is 0 Å². The average Bonchev–Trinajstić information content (AvgIpc) is 2.70. The Morgan fingerprint density at radius 1 is 1.18 bits per heavy atom. The van der Waals surface area contributed by atoms with E-state index in [0.717, 1.165) is 25.7 Å². The standard InChI is InChI=1S/C12H15Br3N2/c13-8-4-9(14)12(10(15)5-8)17-11-3-1-2-7(11)6-16/h4-5,7,11,17H,1-3,6,16H2. The van der Waals surface area contributed by atoms with Crippen LogP contribution in [-0.2, 0) is 0 Å². The van der Waals surface area contributed by atoms with E-state index < -0.39 is 0 Å². The Morgan fingerprint density at radius 3 is 2.41 bits per heavy atom. The lowest BCUT2D eigenvalue weighted by Crippen LogP contribution is -2.29. The monoisotopic (exact) mass is 424 g/mol. The van der Waals surface area contributed by atoms with Crippen molar-refractivity contribution < 1.29 is 0 Å². The third kappa shape index (κ3) is 3.25. The number of benzene rings is 1. The highest BCUT2D eigenvalue weighted by Crippen LogP contribution is 2.37. The predicted octanol–water partition coefficient (Wildman–Crippen LogP) is 4.51. The molecule has 0 radical (unpaired) electrons. The first-order valence-electron chi connectivity index (χ1n) is 5.73. The van der Waals surface area contributed by atoms with E-state index >= 15 is 0 Å². The number of halogens is 3. The normalized spacial score (nSPS) is 24.0. The third-order valence-electron chi connectivity index (χ3n) is 3.30. The van der Waals surface area contributed by atoms with Gasteiger partial charge in [0.25, 0.3) is 0 Å². The van der Waals surface area contributed by atoms with Gasteiger partial charge in [-0.05, 0) is 69.3 Å². The summed E-state index contributed by atoms with van der Waals surface area (Å²) in [5, 5.41) is 3.61. The minimum atomic E-state index is 0.494. The van der Waals surface area contributed by atoms with E-state index in [2.05, 4.69) is 65.2 Å². The van der Waals surface area contributed by atoms with E-state index in [1.54, 1.807) is 0 Å². The van der Waals surface area contributed by atoms with Gasteiger partial charge in [-0.2, -0.15) is 0 Å². The molecule has 94 valence electrons. The molecule has 17 heavy (non-hydrogen) atoms. The second-order valence-corrected chi connectivity index (χ2v) is 7.05. The van der Waals surface area contributed by atoms with E-state index in [0.29, 0.717) is 12.0 Å². The lowest BCUT2D eigenvalue weighted by atomic mass is 10.0. The molecule has 0 spiro atoms. The molecular weight excluding hydrogens is 412 g/mol. The maximum Gasteiger partial charge on any atom is 0.0632 e. The zero-order valence-electron chi connectivity index (χ0n) is 9.35. The van der Waals surface area contributed by atoms with E-state index in [4.69, 9.17) is 5.73 Å². The smallest absolute Gasteiger partial charge is 0.0632 e. The molecule has 0 aromatic heterocycles. The van der Waals surface area contributed by atoms with E-state index in [1.165, 1.54) is 19.3 Å². The Bertz CT molecular complexity index is 386. The molecule has 1 aromatic rings.